The molecular formula is C31H33ClF3N5. The van der Waals surface area contributed by atoms with Gasteiger partial charge in [0.1, 0.15) is 11.6 Å². The molecule has 5 rings (SSSR count). The van der Waals surface area contributed by atoms with Crippen LogP contribution >= 0.6 is 11.6 Å². The summed E-state index contributed by atoms with van der Waals surface area (Å²) in [6, 6.07) is 15.7. The van der Waals surface area contributed by atoms with E-state index < -0.39 is 11.7 Å². The Labute approximate surface area is 237 Å². The molecule has 0 radical (unpaired) electrons. The first-order valence-corrected chi connectivity index (χ1v) is 14.3. The molecule has 0 atom stereocenters. The van der Waals surface area contributed by atoms with Crippen LogP contribution in [0.4, 0.5) is 19.0 Å². The largest absolute Gasteiger partial charge is 0.418 e. The highest BCUT2D eigenvalue weighted by molar-refractivity contribution is 6.31. The molecule has 1 aliphatic rings. The summed E-state index contributed by atoms with van der Waals surface area (Å²) in [6.45, 7) is 4.20. The van der Waals surface area contributed by atoms with Crippen LogP contribution in [-0.4, -0.2) is 39.0 Å². The van der Waals surface area contributed by atoms with Crippen LogP contribution in [0.15, 0.2) is 60.8 Å². The smallest absolute Gasteiger partial charge is 0.369 e. The molecule has 1 saturated carbocycles. The number of hydrogen-bond donors (Lipinski definition) is 1. The predicted molar refractivity (Wildman–Crippen MR) is 154 cm³/mol. The Balaban J connectivity index is 1.50. The second-order valence-electron chi connectivity index (χ2n) is 10.2. The van der Waals surface area contributed by atoms with Crippen molar-refractivity contribution in [1.29, 1.82) is 0 Å². The van der Waals surface area contributed by atoms with Gasteiger partial charge in [-0.3, -0.25) is 9.88 Å². The molecule has 9 heteroatoms. The lowest BCUT2D eigenvalue weighted by atomic mass is 9.94. The first kappa shape index (κ1) is 28.3. The Morgan fingerprint density at radius 3 is 2.55 bits per heavy atom. The van der Waals surface area contributed by atoms with Crippen LogP contribution in [-0.2, 0) is 19.1 Å². The van der Waals surface area contributed by atoms with E-state index >= 15 is 0 Å². The maximum absolute atomic E-state index is 13.8. The number of rotatable bonds is 9. The minimum Gasteiger partial charge on any atom is -0.369 e. The summed E-state index contributed by atoms with van der Waals surface area (Å²) in [6.07, 6.45) is 3.62. The quantitative estimate of drug-likeness (QED) is 0.221. The van der Waals surface area contributed by atoms with E-state index in [9.17, 15) is 13.2 Å². The molecule has 4 aromatic rings. The molecule has 0 aliphatic heterocycles. The van der Waals surface area contributed by atoms with Crippen molar-refractivity contribution in [2.75, 3.05) is 18.4 Å². The van der Waals surface area contributed by atoms with E-state index in [2.05, 4.69) is 22.1 Å². The number of pyridine rings is 1. The van der Waals surface area contributed by atoms with Crippen molar-refractivity contribution in [2.24, 2.45) is 0 Å². The topological polar surface area (TPSA) is 53.9 Å². The van der Waals surface area contributed by atoms with Crippen LogP contribution in [0.3, 0.4) is 0 Å². The fraction of sp³-hybridized carbons (Fsp3) is 0.387. The minimum atomic E-state index is -4.51. The normalized spacial score (nSPS) is 14.7. The first-order chi connectivity index (χ1) is 19.3. The molecule has 2 aromatic carbocycles. The molecule has 40 heavy (non-hydrogen) atoms. The highest BCUT2D eigenvalue weighted by Crippen LogP contribution is 2.37. The Morgan fingerprint density at radius 1 is 1.00 bits per heavy atom. The van der Waals surface area contributed by atoms with Gasteiger partial charge in [-0.1, -0.05) is 62.1 Å². The van der Waals surface area contributed by atoms with Gasteiger partial charge in [0.05, 0.1) is 23.3 Å². The summed E-state index contributed by atoms with van der Waals surface area (Å²) in [7, 11) is 0. The zero-order valence-corrected chi connectivity index (χ0v) is 23.3. The molecule has 0 bridgehead atoms. The molecule has 1 N–H and O–H groups in total. The van der Waals surface area contributed by atoms with Gasteiger partial charge in [0.25, 0.3) is 0 Å². The molecule has 5 nitrogen and oxygen atoms in total. The second-order valence-corrected chi connectivity index (χ2v) is 10.6. The third-order valence-electron chi connectivity index (χ3n) is 7.62. The molecule has 0 saturated heterocycles. The highest BCUT2D eigenvalue weighted by Gasteiger charge is 2.34. The van der Waals surface area contributed by atoms with E-state index in [4.69, 9.17) is 21.6 Å². The summed E-state index contributed by atoms with van der Waals surface area (Å²) in [5, 5.41) is 4.90. The maximum atomic E-state index is 13.8. The summed E-state index contributed by atoms with van der Waals surface area (Å²) in [5.74, 6) is 1.31. The fourth-order valence-electron chi connectivity index (χ4n) is 5.54. The molecule has 210 valence electrons. The molecule has 1 aliphatic carbocycles. The number of alkyl halides is 3. The van der Waals surface area contributed by atoms with E-state index in [1.54, 1.807) is 18.2 Å². The second kappa shape index (κ2) is 12.5. The molecule has 2 heterocycles. The number of nitrogens with one attached hydrogen (secondary N) is 1. The van der Waals surface area contributed by atoms with Crippen molar-refractivity contribution in [3.63, 3.8) is 0 Å². The summed E-state index contributed by atoms with van der Waals surface area (Å²) >= 11 is 6.35. The molecule has 0 unspecified atom stereocenters. The molecule has 1 fully saturated rings. The van der Waals surface area contributed by atoms with E-state index in [0.29, 0.717) is 53.3 Å². The van der Waals surface area contributed by atoms with Crippen molar-refractivity contribution in [3.8, 4) is 11.3 Å². The van der Waals surface area contributed by atoms with Gasteiger partial charge in [-0.25, -0.2) is 9.97 Å². The number of aromatic nitrogens is 3. The number of fused-ring (bicyclic) bond motifs is 1. The van der Waals surface area contributed by atoms with Gasteiger partial charge in [-0.2, -0.15) is 13.2 Å². The number of anilines is 1. The lowest BCUT2D eigenvalue weighted by molar-refractivity contribution is -0.137. The first-order valence-electron chi connectivity index (χ1n) is 13.9. The zero-order chi connectivity index (χ0) is 28.1. The van der Waals surface area contributed by atoms with E-state index in [-0.39, 0.29) is 5.69 Å². The van der Waals surface area contributed by atoms with Crippen LogP contribution in [0.25, 0.3) is 22.2 Å². The molecular weight excluding hydrogens is 535 g/mol. The third-order valence-corrected chi connectivity index (χ3v) is 7.98. The number of benzene rings is 2. The van der Waals surface area contributed by atoms with Crippen molar-refractivity contribution < 1.29 is 13.2 Å². The monoisotopic (exact) mass is 567 g/mol. The molecule has 0 amide bonds. The van der Waals surface area contributed by atoms with Gasteiger partial charge >= 0.3 is 6.18 Å². The van der Waals surface area contributed by atoms with E-state index in [0.717, 1.165) is 36.4 Å². The Kier molecular flexibility index (Phi) is 8.86. The van der Waals surface area contributed by atoms with E-state index in [1.165, 1.54) is 31.5 Å². The molecule has 0 spiro atoms. The number of nitrogens with zero attached hydrogens (tertiary/aromatic N) is 4. The van der Waals surface area contributed by atoms with Crippen LogP contribution in [0.2, 0.25) is 5.02 Å². The van der Waals surface area contributed by atoms with Gasteiger partial charge in [-0.05, 0) is 61.7 Å². The Morgan fingerprint density at radius 2 is 1.80 bits per heavy atom. The number of halogens is 4. The summed E-state index contributed by atoms with van der Waals surface area (Å²) in [4.78, 5) is 16.3. The summed E-state index contributed by atoms with van der Waals surface area (Å²) < 4.78 is 41.3. The minimum absolute atomic E-state index is 0.109. The van der Waals surface area contributed by atoms with Crippen molar-refractivity contribution in [2.45, 2.75) is 64.2 Å². The SMILES string of the molecule is CCN(Cc1nc(NCCc2ccccc2Cl)c2ccc(-c3ncccc3C(F)(F)F)cc2n1)C1CCCCC1. The Hall–Kier alpha value is -3.23. The van der Waals surface area contributed by atoms with Crippen molar-refractivity contribution >= 4 is 28.3 Å². The van der Waals surface area contributed by atoms with Gasteiger partial charge < -0.3 is 5.32 Å². The number of hydrogen-bond acceptors (Lipinski definition) is 5. The zero-order valence-electron chi connectivity index (χ0n) is 22.5. The van der Waals surface area contributed by atoms with Crippen LogP contribution < -0.4 is 5.32 Å². The predicted octanol–water partition coefficient (Wildman–Crippen LogP) is 8.17. The van der Waals surface area contributed by atoms with Crippen molar-refractivity contribution in [3.05, 3.63) is 82.8 Å². The average molecular weight is 568 g/mol. The van der Waals surface area contributed by atoms with Crippen LogP contribution in [0.1, 0.15) is 56.0 Å². The highest BCUT2D eigenvalue weighted by atomic mass is 35.5. The van der Waals surface area contributed by atoms with Gasteiger partial charge in [0, 0.05) is 34.8 Å². The van der Waals surface area contributed by atoms with Crippen LogP contribution in [0.5, 0.6) is 0 Å². The average Bonchev–Trinajstić information content (AvgIpc) is 2.96. The van der Waals surface area contributed by atoms with Crippen LogP contribution in [0, 0.1) is 0 Å². The van der Waals surface area contributed by atoms with Crippen molar-refractivity contribution in [1.82, 2.24) is 19.9 Å². The lowest BCUT2D eigenvalue weighted by Gasteiger charge is -2.33. The molecule has 2 aromatic heterocycles. The summed E-state index contributed by atoms with van der Waals surface area (Å²) in [5.41, 5.74) is 1.11. The third kappa shape index (κ3) is 6.56. The van der Waals surface area contributed by atoms with Gasteiger partial charge in [-0.15, -0.1) is 0 Å². The lowest BCUT2D eigenvalue weighted by Crippen LogP contribution is -2.36. The van der Waals surface area contributed by atoms with Gasteiger partial charge in [0.2, 0.25) is 0 Å². The Bertz CT molecular complexity index is 1450. The maximum Gasteiger partial charge on any atom is 0.418 e. The van der Waals surface area contributed by atoms with Gasteiger partial charge in [0.15, 0.2) is 0 Å². The fourth-order valence-corrected chi connectivity index (χ4v) is 5.77. The standard InChI is InChI=1S/C31H33ClF3N5/c1-2-40(23-10-4-3-5-11-23)20-28-38-27-19-22(29-25(31(33,34)35)12-8-17-36-29)14-15-24(27)30(39-28)37-18-16-21-9-6-7-13-26(21)32/h6-9,12-15,17,19,23H,2-5,10-11,16,18,20H2,1H3,(H,37,38,39). The van der Waals surface area contributed by atoms with E-state index in [1.807, 2.05) is 24.3 Å².